The smallest absolute Gasteiger partial charge is 0.284 e. The summed E-state index contributed by atoms with van der Waals surface area (Å²) in [4.78, 5) is 0. The van der Waals surface area contributed by atoms with Crippen LogP contribution in [0.4, 0.5) is 0 Å². The Bertz CT molecular complexity index is 830. The van der Waals surface area contributed by atoms with Crippen LogP contribution in [0.2, 0.25) is 0 Å². The second-order valence-electron chi connectivity index (χ2n) is 17.9. The summed E-state index contributed by atoms with van der Waals surface area (Å²) in [6.45, 7) is 20.6. The van der Waals surface area contributed by atoms with Gasteiger partial charge in [-0.05, 0) is 85.6 Å². The maximum Gasteiger partial charge on any atom is 0.284 e. The minimum Gasteiger partial charge on any atom is -0.321 e. The van der Waals surface area contributed by atoms with E-state index in [0.29, 0.717) is 0 Å². The van der Waals surface area contributed by atoms with Gasteiger partial charge in [0.15, 0.2) is 0 Å². The molecule has 0 N–H and O–H groups in total. The van der Waals surface area contributed by atoms with Crippen LogP contribution >= 0.6 is 0 Å². The molecule has 0 aromatic heterocycles. The first-order valence-electron chi connectivity index (χ1n) is 22.5. The molecule has 51 heavy (non-hydrogen) atoms. The van der Waals surface area contributed by atoms with E-state index in [1.807, 2.05) is 0 Å². The topological polar surface area (TPSA) is 27.7 Å². The molecule has 3 nitrogen and oxygen atoms in total. The van der Waals surface area contributed by atoms with Crippen molar-refractivity contribution < 1.29 is 14.2 Å². The molecule has 0 aliphatic carbocycles. The Labute approximate surface area is 320 Å². The van der Waals surface area contributed by atoms with Crippen LogP contribution in [0.1, 0.15) is 248 Å². The van der Waals surface area contributed by atoms with Crippen molar-refractivity contribution in [1.82, 2.24) is 0 Å². The highest BCUT2D eigenvalue weighted by Crippen LogP contribution is 2.40. The lowest BCUT2D eigenvalue weighted by Gasteiger charge is -2.48. The molecule has 0 heterocycles. The van der Waals surface area contributed by atoms with Crippen LogP contribution in [-0.4, -0.2) is 22.8 Å². The number of unbranched alkanes of at least 4 members (excludes halogenated alkanes) is 20. The minimum absolute atomic E-state index is 0.325. The standard InChI is InChI=1S/C48H90O3/c1-10-13-16-19-25-33-40-45(4,5)49-48(50-46(6,7)41-34-26-20-17-14-11-2,51-47(8,9)42-35-27-21-18-15-12-3)43-36-28-23-22-24-30-37-44-38-31-29-32-39-44/h29,31-32,38-39H,10-28,30,33-37,40-43H2,1-9H3. The van der Waals surface area contributed by atoms with Gasteiger partial charge in [0.2, 0.25) is 0 Å². The molecule has 0 unspecified atom stereocenters. The van der Waals surface area contributed by atoms with Crippen LogP contribution in [0, 0.1) is 0 Å². The molecule has 0 fully saturated rings. The molecule has 1 aromatic carbocycles. The quantitative estimate of drug-likeness (QED) is 0.0511. The molecule has 0 spiro atoms. The van der Waals surface area contributed by atoms with Gasteiger partial charge in [0.1, 0.15) is 0 Å². The van der Waals surface area contributed by atoms with E-state index in [0.717, 1.165) is 32.1 Å². The number of ether oxygens (including phenoxy) is 3. The zero-order valence-electron chi connectivity index (χ0n) is 36.1. The van der Waals surface area contributed by atoms with E-state index in [-0.39, 0.29) is 16.8 Å². The summed E-state index contributed by atoms with van der Waals surface area (Å²) in [5.74, 6) is -1.05. The third-order valence-corrected chi connectivity index (χ3v) is 10.7. The van der Waals surface area contributed by atoms with Gasteiger partial charge < -0.3 is 14.2 Å². The zero-order chi connectivity index (χ0) is 37.7. The number of rotatable bonds is 36. The fourth-order valence-corrected chi connectivity index (χ4v) is 7.65. The van der Waals surface area contributed by atoms with Crippen LogP contribution in [-0.2, 0) is 20.6 Å². The fraction of sp³-hybridized carbons (Fsp3) is 0.875. The molecule has 0 saturated carbocycles. The molecule has 1 aromatic rings. The monoisotopic (exact) mass is 715 g/mol. The molecule has 0 saturated heterocycles. The SMILES string of the molecule is CCCCCCCCC(C)(C)OC(CCCCCCCCc1ccccc1)(OC(C)(C)CCCCCCCC)OC(C)(C)CCCCCCCC. The van der Waals surface area contributed by atoms with Crippen LogP contribution < -0.4 is 0 Å². The first-order valence-corrected chi connectivity index (χ1v) is 22.5. The molecule has 1 rings (SSSR count). The molecule has 0 amide bonds. The van der Waals surface area contributed by atoms with E-state index < -0.39 is 5.97 Å². The van der Waals surface area contributed by atoms with E-state index in [2.05, 4.69) is 92.6 Å². The van der Waals surface area contributed by atoms with E-state index >= 15 is 0 Å². The maximum absolute atomic E-state index is 7.29. The number of benzene rings is 1. The normalized spacial score (nSPS) is 13.0. The van der Waals surface area contributed by atoms with Crippen molar-refractivity contribution in [3.63, 3.8) is 0 Å². The van der Waals surface area contributed by atoms with Gasteiger partial charge in [-0.1, -0.05) is 192 Å². The Morgan fingerprint density at radius 2 is 0.647 bits per heavy atom. The number of hydrogen-bond donors (Lipinski definition) is 0. The van der Waals surface area contributed by atoms with E-state index in [4.69, 9.17) is 14.2 Å². The second kappa shape index (κ2) is 28.5. The molecule has 0 aliphatic heterocycles. The van der Waals surface area contributed by atoms with Crippen LogP contribution in [0.15, 0.2) is 30.3 Å². The van der Waals surface area contributed by atoms with Crippen molar-refractivity contribution in [2.45, 2.75) is 271 Å². The number of aryl methyl sites for hydroxylation is 1. The summed E-state index contributed by atoms with van der Waals surface area (Å²) in [6, 6.07) is 11.0. The summed E-state index contributed by atoms with van der Waals surface area (Å²) in [5, 5.41) is 0. The highest BCUT2D eigenvalue weighted by Gasteiger charge is 2.46. The first kappa shape index (κ1) is 48.1. The fourth-order valence-electron chi connectivity index (χ4n) is 7.65. The van der Waals surface area contributed by atoms with E-state index in [1.165, 1.54) is 160 Å². The lowest BCUT2D eigenvalue weighted by molar-refractivity contribution is -0.455. The molecular formula is C48H90O3. The second-order valence-corrected chi connectivity index (χ2v) is 17.9. The average Bonchev–Trinajstić information content (AvgIpc) is 3.07. The van der Waals surface area contributed by atoms with Crippen LogP contribution in [0.3, 0.4) is 0 Å². The molecular weight excluding hydrogens is 625 g/mol. The van der Waals surface area contributed by atoms with Gasteiger partial charge >= 0.3 is 0 Å². The van der Waals surface area contributed by atoms with Gasteiger partial charge in [-0.3, -0.25) is 0 Å². The summed E-state index contributed by atoms with van der Waals surface area (Å²) in [5.41, 5.74) is 0.488. The maximum atomic E-state index is 7.29. The molecule has 0 bridgehead atoms. The van der Waals surface area contributed by atoms with Crippen LogP contribution in [0.25, 0.3) is 0 Å². The van der Waals surface area contributed by atoms with Crippen molar-refractivity contribution in [2.75, 3.05) is 0 Å². The van der Waals surface area contributed by atoms with Crippen LogP contribution in [0.5, 0.6) is 0 Å². The summed E-state index contributed by atoms with van der Waals surface area (Å²) in [7, 11) is 0. The zero-order valence-corrected chi connectivity index (χ0v) is 36.1. The predicted octanol–water partition coefficient (Wildman–Crippen LogP) is 16.3. The Balaban J connectivity index is 3.06. The van der Waals surface area contributed by atoms with Crippen molar-refractivity contribution in [3.05, 3.63) is 35.9 Å². The Morgan fingerprint density at radius 3 is 1.00 bits per heavy atom. The Kier molecular flexibility index (Phi) is 26.9. The van der Waals surface area contributed by atoms with Gasteiger partial charge in [-0.15, -0.1) is 0 Å². The third kappa shape index (κ3) is 26.5. The van der Waals surface area contributed by atoms with Crippen molar-refractivity contribution in [2.24, 2.45) is 0 Å². The lowest BCUT2D eigenvalue weighted by atomic mass is 9.96. The first-order chi connectivity index (χ1) is 24.4. The number of hydrogen-bond acceptors (Lipinski definition) is 3. The third-order valence-electron chi connectivity index (χ3n) is 10.7. The average molecular weight is 715 g/mol. The Morgan fingerprint density at radius 1 is 0.353 bits per heavy atom. The Hall–Kier alpha value is -0.900. The summed E-state index contributed by atoms with van der Waals surface area (Å²) in [6.07, 6.45) is 35.8. The van der Waals surface area contributed by atoms with Crippen molar-refractivity contribution >= 4 is 0 Å². The molecule has 0 atom stereocenters. The van der Waals surface area contributed by atoms with Gasteiger partial charge in [0.25, 0.3) is 5.97 Å². The molecule has 3 heteroatoms. The van der Waals surface area contributed by atoms with E-state index in [1.54, 1.807) is 0 Å². The van der Waals surface area contributed by atoms with E-state index in [9.17, 15) is 0 Å². The minimum atomic E-state index is -1.05. The largest absolute Gasteiger partial charge is 0.321 e. The van der Waals surface area contributed by atoms with Gasteiger partial charge in [-0.25, -0.2) is 0 Å². The van der Waals surface area contributed by atoms with Gasteiger partial charge in [-0.2, -0.15) is 0 Å². The predicted molar refractivity (Wildman–Crippen MR) is 225 cm³/mol. The van der Waals surface area contributed by atoms with Gasteiger partial charge in [0.05, 0.1) is 16.8 Å². The molecule has 0 aliphatic rings. The van der Waals surface area contributed by atoms with Gasteiger partial charge in [0, 0.05) is 6.42 Å². The highest BCUT2D eigenvalue weighted by molar-refractivity contribution is 5.14. The molecule has 300 valence electrons. The van der Waals surface area contributed by atoms with Crippen molar-refractivity contribution in [3.8, 4) is 0 Å². The summed E-state index contributed by atoms with van der Waals surface area (Å²) >= 11 is 0. The lowest BCUT2D eigenvalue weighted by Crippen LogP contribution is -2.54. The van der Waals surface area contributed by atoms with Crippen molar-refractivity contribution in [1.29, 1.82) is 0 Å². The highest BCUT2D eigenvalue weighted by atomic mass is 16.9. The summed E-state index contributed by atoms with van der Waals surface area (Å²) < 4.78 is 21.9. The molecule has 0 radical (unpaired) electrons.